The summed E-state index contributed by atoms with van der Waals surface area (Å²) in [7, 11) is 0. The summed E-state index contributed by atoms with van der Waals surface area (Å²) in [6.07, 6.45) is 5.02. The van der Waals surface area contributed by atoms with Crippen molar-refractivity contribution < 1.29 is 0 Å². The Kier molecular flexibility index (Phi) is 5.99. The van der Waals surface area contributed by atoms with Crippen LogP contribution in [0.1, 0.15) is 32.3 Å². The van der Waals surface area contributed by atoms with Crippen molar-refractivity contribution in [3.8, 4) is 0 Å². The summed E-state index contributed by atoms with van der Waals surface area (Å²) < 4.78 is 3.06. The summed E-state index contributed by atoms with van der Waals surface area (Å²) in [6, 6.07) is 10.8. The van der Waals surface area contributed by atoms with Crippen molar-refractivity contribution in [1.82, 2.24) is 0 Å². The molecule has 0 N–H and O–H groups in total. The number of hydrogen-bond acceptors (Lipinski definition) is 0. The van der Waals surface area contributed by atoms with Crippen LogP contribution in [-0.4, -0.2) is 20.9 Å². The van der Waals surface area contributed by atoms with Crippen molar-refractivity contribution in [3.05, 3.63) is 42.0 Å². The first-order chi connectivity index (χ1) is 6.88. The quantitative estimate of drug-likeness (QED) is 0.570. The van der Waals surface area contributed by atoms with Crippen LogP contribution < -0.4 is 0 Å². The predicted molar refractivity (Wildman–Crippen MR) is 65.6 cm³/mol. The van der Waals surface area contributed by atoms with Crippen molar-refractivity contribution in [2.24, 2.45) is 0 Å². The summed E-state index contributed by atoms with van der Waals surface area (Å²) in [5.74, 6) is 0. The minimum atomic E-state index is 0.0564. The Bertz CT molecular complexity index is 275. The summed E-state index contributed by atoms with van der Waals surface area (Å²) in [5, 5.41) is 0. The van der Waals surface area contributed by atoms with E-state index in [-0.39, 0.29) is 20.9 Å². The maximum atomic E-state index is 2.30. The van der Waals surface area contributed by atoms with E-state index in [9.17, 15) is 0 Å². The van der Waals surface area contributed by atoms with E-state index >= 15 is 0 Å². The molecule has 76 valence electrons. The van der Waals surface area contributed by atoms with E-state index < -0.39 is 0 Å². The second kappa shape index (κ2) is 7.10. The van der Waals surface area contributed by atoms with Gasteiger partial charge in [0, 0.05) is 0 Å². The fraction of sp³-hybridized carbons (Fsp3) is 0.385. The maximum absolute atomic E-state index is 2.30. The molecule has 0 saturated heterocycles. The van der Waals surface area contributed by atoms with Gasteiger partial charge in [-0.05, 0) is 0 Å². The van der Waals surface area contributed by atoms with Crippen LogP contribution in [0.15, 0.2) is 36.4 Å². The van der Waals surface area contributed by atoms with Gasteiger partial charge in [0.25, 0.3) is 0 Å². The third kappa shape index (κ3) is 3.86. The molecule has 0 aromatic heterocycles. The molecule has 0 aliphatic heterocycles. The van der Waals surface area contributed by atoms with Crippen LogP contribution in [0, 0.1) is 0 Å². The van der Waals surface area contributed by atoms with Gasteiger partial charge >= 0.3 is 97.7 Å². The Morgan fingerprint density at radius 2 is 2.00 bits per heavy atom. The number of hydrogen-bond donors (Lipinski definition) is 0. The normalized spacial score (nSPS) is 11.7. The van der Waals surface area contributed by atoms with Gasteiger partial charge in [0.05, 0.1) is 0 Å². The van der Waals surface area contributed by atoms with Crippen molar-refractivity contribution in [2.75, 3.05) is 0 Å². The van der Waals surface area contributed by atoms with Gasteiger partial charge in [-0.2, -0.15) is 0 Å². The Morgan fingerprint density at radius 3 is 2.57 bits per heavy atom. The van der Waals surface area contributed by atoms with Crippen molar-refractivity contribution in [3.63, 3.8) is 0 Å². The van der Waals surface area contributed by atoms with Gasteiger partial charge in [0.1, 0.15) is 0 Å². The summed E-state index contributed by atoms with van der Waals surface area (Å²) in [6.45, 7) is 4.43. The average Bonchev–Trinajstić information content (AvgIpc) is 2.26. The number of unbranched alkanes of at least 4 members (excludes halogenated alkanes) is 1. The molecule has 0 saturated carbocycles. The molecular weight excluding hydrogens is 284 g/mol. The second-order valence-corrected chi connectivity index (χ2v) is 6.47. The third-order valence-electron chi connectivity index (χ3n) is 2.08. The zero-order valence-electron chi connectivity index (χ0n) is 8.99. The molecule has 1 aromatic rings. The fourth-order valence-corrected chi connectivity index (χ4v) is 4.47. The monoisotopic (exact) mass is 304 g/mol. The van der Waals surface area contributed by atoms with Crippen LogP contribution in [-0.2, 0) is 0 Å². The summed E-state index contributed by atoms with van der Waals surface area (Å²) >= 11 is 0.0564. The van der Waals surface area contributed by atoms with Crippen molar-refractivity contribution in [2.45, 2.75) is 31.2 Å². The molecule has 0 amide bonds. The van der Waals surface area contributed by atoms with Crippen molar-refractivity contribution >= 4 is 24.5 Å². The Morgan fingerprint density at radius 1 is 1.29 bits per heavy atom. The first kappa shape index (κ1) is 11.8. The minimum absolute atomic E-state index is 0.0564. The van der Waals surface area contributed by atoms with Gasteiger partial charge in [0.2, 0.25) is 0 Å². The van der Waals surface area contributed by atoms with Crippen molar-refractivity contribution in [1.29, 1.82) is 0 Å². The SMILES string of the molecule is C/C=C(/[Te]CCCC)c1ccccc1. The van der Waals surface area contributed by atoms with E-state index in [1.165, 1.54) is 22.9 Å². The van der Waals surface area contributed by atoms with E-state index in [1.54, 1.807) is 3.62 Å². The molecule has 0 spiro atoms. The fourth-order valence-electron chi connectivity index (χ4n) is 1.26. The van der Waals surface area contributed by atoms with Crippen LogP contribution >= 0.6 is 0 Å². The molecule has 1 aromatic carbocycles. The Balaban J connectivity index is 2.56. The van der Waals surface area contributed by atoms with E-state index in [0.29, 0.717) is 0 Å². The molecule has 0 aliphatic carbocycles. The first-order valence-electron chi connectivity index (χ1n) is 5.23. The number of benzene rings is 1. The zero-order chi connectivity index (χ0) is 10.2. The second-order valence-electron chi connectivity index (χ2n) is 3.22. The van der Waals surface area contributed by atoms with Gasteiger partial charge in [-0.25, -0.2) is 0 Å². The van der Waals surface area contributed by atoms with E-state index in [4.69, 9.17) is 0 Å². The van der Waals surface area contributed by atoms with Crippen LogP contribution in [0.25, 0.3) is 3.62 Å². The topological polar surface area (TPSA) is 0 Å². The van der Waals surface area contributed by atoms with E-state index in [0.717, 1.165) is 0 Å². The van der Waals surface area contributed by atoms with E-state index in [2.05, 4.69) is 50.3 Å². The summed E-state index contributed by atoms with van der Waals surface area (Å²) in [4.78, 5) is 0. The number of rotatable bonds is 5. The molecule has 1 rings (SSSR count). The van der Waals surface area contributed by atoms with Gasteiger partial charge in [-0.15, -0.1) is 0 Å². The van der Waals surface area contributed by atoms with Crippen LogP contribution in [0.4, 0.5) is 0 Å². The first-order valence-corrected chi connectivity index (χ1v) is 8.04. The molecule has 0 heterocycles. The Hall–Kier alpha value is -0.250. The third-order valence-corrected chi connectivity index (χ3v) is 5.72. The van der Waals surface area contributed by atoms with Gasteiger partial charge in [-0.1, -0.05) is 0 Å². The summed E-state index contributed by atoms with van der Waals surface area (Å²) in [5.41, 5.74) is 1.44. The molecule has 14 heavy (non-hydrogen) atoms. The molecule has 0 bridgehead atoms. The molecule has 0 aliphatic rings. The predicted octanol–water partition coefficient (Wildman–Crippen LogP) is 3.97. The van der Waals surface area contributed by atoms with Crippen LogP contribution in [0.3, 0.4) is 0 Å². The molecule has 1 heteroatoms. The molecule has 0 nitrogen and oxygen atoms in total. The zero-order valence-corrected chi connectivity index (χ0v) is 11.3. The molecule has 0 unspecified atom stereocenters. The van der Waals surface area contributed by atoms with Gasteiger partial charge in [-0.3, -0.25) is 0 Å². The van der Waals surface area contributed by atoms with Crippen LogP contribution in [0.2, 0.25) is 4.47 Å². The van der Waals surface area contributed by atoms with E-state index in [1.807, 2.05) is 0 Å². The average molecular weight is 302 g/mol. The van der Waals surface area contributed by atoms with Gasteiger partial charge < -0.3 is 0 Å². The molecular formula is C13H18Te. The molecule has 0 fully saturated rings. The Labute approximate surface area is 97.5 Å². The van der Waals surface area contributed by atoms with Gasteiger partial charge in [0.15, 0.2) is 0 Å². The van der Waals surface area contributed by atoms with Crippen LogP contribution in [0.5, 0.6) is 0 Å². The number of allylic oxidation sites excluding steroid dienone is 1. The molecule has 0 atom stereocenters. The molecule has 0 radical (unpaired) electrons. The standard InChI is InChI=1S/C13H18Te/c1-3-5-11-14-13(4-2)12-9-7-6-8-10-12/h4,6-10H,3,5,11H2,1-2H3/b13-4+.